The van der Waals surface area contributed by atoms with Crippen molar-refractivity contribution in [3.63, 3.8) is 0 Å². The van der Waals surface area contributed by atoms with Crippen LogP contribution in [-0.4, -0.2) is 48.9 Å². The molecule has 0 radical (unpaired) electrons. The molecule has 0 saturated carbocycles. The van der Waals surface area contributed by atoms with E-state index in [1.807, 2.05) is 36.4 Å². The summed E-state index contributed by atoms with van der Waals surface area (Å²) in [5, 5.41) is 0. The third-order valence-electron chi connectivity index (χ3n) is 8.29. The van der Waals surface area contributed by atoms with Gasteiger partial charge in [0.15, 0.2) is 0 Å². The second kappa shape index (κ2) is 14.3. The van der Waals surface area contributed by atoms with Crippen molar-refractivity contribution in [2.24, 2.45) is 11.7 Å². The Kier molecular flexibility index (Phi) is 10.5. The van der Waals surface area contributed by atoms with Gasteiger partial charge in [-0.1, -0.05) is 117 Å². The molecule has 3 aromatic rings. The number of unbranched alkanes of at least 4 members (excludes halogenated alkanes) is 5. The van der Waals surface area contributed by atoms with Crippen LogP contribution in [0.15, 0.2) is 91.0 Å². The van der Waals surface area contributed by atoms with Crippen LogP contribution in [0.4, 0.5) is 0 Å². The van der Waals surface area contributed by atoms with Crippen LogP contribution in [0.5, 0.6) is 0 Å². The minimum atomic E-state index is -0.787. The first-order valence-electron chi connectivity index (χ1n) is 14.5. The van der Waals surface area contributed by atoms with Crippen molar-refractivity contribution in [2.45, 2.75) is 56.9 Å². The number of primary amides is 1. The van der Waals surface area contributed by atoms with E-state index in [0.717, 1.165) is 50.3 Å². The molecule has 1 heterocycles. The third-order valence-corrected chi connectivity index (χ3v) is 8.29. The fourth-order valence-corrected chi connectivity index (χ4v) is 6.31. The second-order valence-electron chi connectivity index (χ2n) is 11.0. The average Bonchev–Trinajstić information content (AvgIpc) is 3.41. The van der Waals surface area contributed by atoms with Gasteiger partial charge in [0.25, 0.3) is 0 Å². The van der Waals surface area contributed by atoms with Crippen LogP contribution in [0.1, 0.15) is 61.6 Å². The topological polar surface area (TPSA) is 49.6 Å². The van der Waals surface area contributed by atoms with E-state index in [9.17, 15) is 4.79 Å². The molecule has 202 valence electrons. The number of nitrogens with zero attached hydrogens (tertiary/aromatic N) is 2. The van der Waals surface area contributed by atoms with Gasteiger partial charge < -0.3 is 15.5 Å². The van der Waals surface area contributed by atoms with Crippen molar-refractivity contribution in [3.8, 4) is 0 Å². The molecular formula is C34H45N3O. The Morgan fingerprint density at radius 3 is 1.92 bits per heavy atom. The molecule has 0 unspecified atom stereocenters. The van der Waals surface area contributed by atoms with Crippen LogP contribution in [0.25, 0.3) is 0 Å². The lowest BCUT2D eigenvalue weighted by molar-refractivity contribution is -0.123. The van der Waals surface area contributed by atoms with E-state index in [-0.39, 0.29) is 11.8 Å². The molecule has 1 aliphatic heterocycles. The number of nitrogens with two attached hydrogens (primary N) is 1. The highest BCUT2D eigenvalue weighted by atomic mass is 16.1. The van der Waals surface area contributed by atoms with E-state index in [0.29, 0.717) is 0 Å². The van der Waals surface area contributed by atoms with Crippen molar-refractivity contribution in [1.29, 1.82) is 0 Å². The summed E-state index contributed by atoms with van der Waals surface area (Å²) in [5.74, 6) is -0.0613. The first-order chi connectivity index (χ1) is 18.6. The number of hydrogen-bond acceptors (Lipinski definition) is 3. The minimum Gasteiger partial charge on any atom is -0.369 e. The number of amides is 1. The number of likely N-dealkylation sites (tertiary alicyclic amines) is 1. The standard InChI is InChI=1S/C34H45N3O/c1-36(27-29-17-9-6-10-18-29)24-15-4-2-3-5-16-25-37-26-23-32(28-37)34(33(35)38,30-19-11-7-12-20-30)31-21-13-8-14-22-31/h6-14,17-22,32H,2-5,15-16,23-28H2,1H3,(H2,35,38)/t32-/m1/s1. The Bertz CT molecular complexity index is 1050. The van der Waals surface area contributed by atoms with Crippen LogP contribution < -0.4 is 5.73 Å². The smallest absolute Gasteiger partial charge is 0.232 e. The lowest BCUT2D eigenvalue weighted by atomic mass is 9.64. The maximum Gasteiger partial charge on any atom is 0.232 e. The largest absolute Gasteiger partial charge is 0.369 e. The SMILES string of the molecule is CN(CCCCCCCCN1CC[C@@H](C(C(N)=O)(c2ccccc2)c2ccccc2)C1)Cc1ccccc1. The number of carbonyl (C=O) groups excluding carboxylic acids is 1. The van der Waals surface area contributed by atoms with Gasteiger partial charge in [0, 0.05) is 13.1 Å². The van der Waals surface area contributed by atoms with Gasteiger partial charge in [-0.05, 0) is 68.6 Å². The van der Waals surface area contributed by atoms with E-state index in [1.165, 1.54) is 44.1 Å². The lowest BCUT2D eigenvalue weighted by Crippen LogP contribution is -2.49. The molecule has 3 aromatic carbocycles. The maximum atomic E-state index is 13.2. The third kappa shape index (κ3) is 7.12. The molecule has 0 aromatic heterocycles. The zero-order valence-corrected chi connectivity index (χ0v) is 23.1. The summed E-state index contributed by atoms with van der Waals surface area (Å²) in [4.78, 5) is 18.2. The average molecular weight is 512 g/mol. The maximum absolute atomic E-state index is 13.2. The fraction of sp³-hybridized carbons (Fsp3) is 0.441. The van der Waals surface area contributed by atoms with Gasteiger partial charge in [-0.3, -0.25) is 4.79 Å². The van der Waals surface area contributed by atoms with E-state index in [2.05, 4.69) is 71.4 Å². The quantitative estimate of drug-likeness (QED) is 0.245. The highest BCUT2D eigenvalue weighted by Gasteiger charge is 2.49. The Labute approximate surface area is 229 Å². The van der Waals surface area contributed by atoms with Gasteiger partial charge in [-0.2, -0.15) is 0 Å². The van der Waals surface area contributed by atoms with Crippen LogP contribution in [0.3, 0.4) is 0 Å². The van der Waals surface area contributed by atoms with E-state index >= 15 is 0 Å². The van der Waals surface area contributed by atoms with Gasteiger partial charge in [-0.25, -0.2) is 0 Å². The molecule has 0 bridgehead atoms. The number of rotatable bonds is 15. The predicted octanol–water partition coefficient (Wildman–Crippen LogP) is 6.25. The van der Waals surface area contributed by atoms with Gasteiger partial charge in [0.05, 0.1) is 0 Å². The van der Waals surface area contributed by atoms with Gasteiger partial charge >= 0.3 is 0 Å². The van der Waals surface area contributed by atoms with Crippen LogP contribution in [-0.2, 0) is 16.8 Å². The molecule has 2 N–H and O–H groups in total. The predicted molar refractivity (Wildman–Crippen MR) is 158 cm³/mol. The minimum absolute atomic E-state index is 0.178. The molecule has 1 aliphatic rings. The van der Waals surface area contributed by atoms with Crippen molar-refractivity contribution in [2.75, 3.05) is 33.2 Å². The summed E-state index contributed by atoms with van der Waals surface area (Å²) in [7, 11) is 2.22. The molecule has 1 saturated heterocycles. The Morgan fingerprint density at radius 1 is 0.816 bits per heavy atom. The number of benzene rings is 3. The van der Waals surface area contributed by atoms with Gasteiger partial charge in [0.1, 0.15) is 5.41 Å². The molecule has 4 rings (SSSR count). The molecule has 4 nitrogen and oxygen atoms in total. The molecular weight excluding hydrogens is 466 g/mol. The monoisotopic (exact) mass is 511 g/mol. The second-order valence-corrected chi connectivity index (χ2v) is 11.0. The molecule has 0 spiro atoms. The summed E-state index contributed by atoms with van der Waals surface area (Å²) in [6, 6.07) is 31.1. The van der Waals surface area contributed by atoms with Crippen molar-refractivity contribution in [3.05, 3.63) is 108 Å². The zero-order valence-electron chi connectivity index (χ0n) is 23.1. The molecule has 38 heavy (non-hydrogen) atoms. The van der Waals surface area contributed by atoms with Gasteiger partial charge in [0.2, 0.25) is 5.91 Å². The van der Waals surface area contributed by atoms with Crippen LogP contribution in [0, 0.1) is 5.92 Å². The highest BCUT2D eigenvalue weighted by Crippen LogP contribution is 2.43. The van der Waals surface area contributed by atoms with Crippen molar-refractivity contribution >= 4 is 5.91 Å². The van der Waals surface area contributed by atoms with Crippen LogP contribution >= 0.6 is 0 Å². The Balaban J connectivity index is 1.20. The fourth-order valence-electron chi connectivity index (χ4n) is 6.31. The molecule has 4 heteroatoms. The molecule has 1 atom stereocenters. The van der Waals surface area contributed by atoms with Crippen molar-refractivity contribution in [1.82, 2.24) is 9.80 Å². The van der Waals surface area contributed by atoms with Crippen molar-refractivity contribution < 1.29 is 4.79 Å². The summed E-state index contributed by atoms with van der Waals surface area (Å²) in [5.41, 5.74) is 8.87. The molecule has 1 fully saturated rings. The van der Waals surface area contributed by atoms with E-state index in [4.69, 9.17) is 5.73 Å². The number of hydrogen-bond donors (Lipinski definition) is 1. The number of carbonyl (C=O) groups is 1. The highest BCUT2D eigenvalue weighted by molar-refractivity contribution is 5.91. The summed E-state index contributed by atoms with van der Waals surface area (Å²) < 4.78 is 0. The molecule has 0 aliphatic carbocycles. The Hall–Kier alpha value is -2.95. The summed E-state index contributed by atoms with van der Waals surface area (Å²) in [6.07, 6.45) is 8.68. The summed E-state index contributed by atoms with van der Waals surface area (Å²) >= 11 is 0. The van der Waals surface area contributed by atoms with Gasteiger partial charge in [-0.15, -0.1) is 0 Å². The zero-order chi connectivity index (χ0) is 26.6. The van der Waals surface area contributed by atoms with E-state index in [1.54, 1.807) is 0 Å². The first-order valence-corrected chi connectivity index (χ1v) is 14.5. The first kappa shape index (κ1) is 28.1. The normalized spacial score (nSPS) is 16.2. The summed E-state index contributed by atoms with van der Waals surface area (Å²) in [6.45, 7) is 5.25. The Morgan fingerprint density at radius 2 is 1.34 bits per heavy atom. The molecule has 1 amide bonds. The van der Waals surface area contributed by atoms with Crippen LogP contribution in [0.2, 0.25) is 0 Å². The lowest BCUT2D eigenvalue weighted by Gasteiger charge is -2.37. The van der Waals surface area contributed by atoms with E-state index < -0.39 is 5.41 Å².